The zero-order valence-electron chi connectivity index (χ0n) is 6.32. The second-order valence-electron chi connectivity index (χ2n) is 2.22. The van der Waals surface area contributed by atoms with Gasteiger partial charge in [-0.05, 0) is 6.42 Å². The fourth-order valence-corrected chi connectivity index (χ4v) is 1.01. The predicted octanol–water partition coefficient (Wildman–Crippen LogP) is -0.808. The van der Waals surface area contributed by atoms with Gasteiger partial charge in [0, 0.05) is 6.04 Å². The summed E-state index contributed by atoms with van der Waals surface area (Å²) in [7, 11) is -3.96. The number of hydrogen-bond acceptors (Lipinski definition) is 4. The molecule has 0 aromatic heterocycles. The van der Waals surface area contributed by atoms with Gasteiger partial charge in [-0.25, -0.2) is 0 Å². The van der Waals surface area contributed by atoms with Gasteiger partial charge < -0.3 is 5.11 Å². The quantitative estimate of drug-likeness (QED) is 0.485. The zero-order valence-corrected chi connectivity index (χ0v) is 7.13. The number of aliphatic hydroxyl groups excluding tert-OH is 1. The molecule has 1 unspecified atom stereocenters. The molecule has 0 bridgehead atoms. The highest BCUT2D eigenvalue weighted by Gasteiger charge is 2.08. The molecule has 0 saturated heterocycles. The van der Waals surface area contributed by atoms with E-state index >= 15 is 0 Å². The summed E-state index contributed by atoms with van der Waals surface area (Å²) in [6.07, 6.45) is 0.617. The van der Waals surface area contributed by atoms with E-state index in [1.807, 2.05) is 0 Å². The Bertz CT molecular complexity index is 185. The Kier molecular flexibility index (Phi) is 4.58. The molecule has 0 heterocycles. The maximum absolute atomic E-state index is 10.2. The van der Waals surface area contributed by atoms with Crippen molar-refractivity contribution in [1.29, 1.82) is 0 Å². The van der Waals surface area contributed by atoms with Gasteiger partial charge in [-0.2, -0.15) is 8.42 Å². The average molecular weight is 183 g/mol. The maximum atomic E-state index is 10.2. The Morgan fingerprint density at radius 1 is 1.55 bits per heavy atom. The third-order valence-electron chi connectivity index (χ3n) is 1.27. The van der Waals surface area contributed by atoms with Crippen LogP contribution in [-0.4, -0.2) is 36.6 Å². The molecular weight excluding hydrogens is 170 g/mol. The van der Waals surface area contributed by atoms with Gasteiger partial charge in [0.2, 0.25) is 0 Å². The van der Waals surface area contributed by atoms with Crippen molar-refractivity contribution in [1.82, 2.24) is 5.32 Å². The van der Waals surface area contributed by atoms with Crippen molar-refractivity contribution < 1.29 is 18.1 Å². The van der Waals surface area contributed by atoms with Crippen LogP contribution in [0.25, 0.3) is 0 Å². The van der Waals surface area contributed by atoms with Crippen LogP contribution < -0.4 is 5.32 Å². The first kappa shape index (κ1) is 10.8. The second-order valence-corrected chi connectivity index (χ2v) is 3.67. The number of rotatable bonds is 5. The molecule has 0 saturated carbocycles. The normalized spacial score (nSPS) is 14.8. The van der Waals surface area contributed by atoms with Gasteiger partial charge in [-0.1, -0.05) is 6.92 Å². The van der Waals surface area contributed by atoms with Crippen LogP contribution in [0.2, 0.25) is 0 Å². The Balaban J connectivity index is 3.69. The van der Waals surface area contributed by atoms with E-state index in [1.165, 1.54) is 0 Å². The van der Waals surface area contributed by atoms with Crippen LogP contribution in [0.15, 0.2) is 0 Å². The van der Waals surface area contributed by atoms with Gasteiger partial charge in [0.1, 0.15) is 5.88 Å². The van der Waals surface area contributed by atoms with Crippen LogP contribution in [0.1, 0.15) is 13.3 Å². The summed E-state index contributed by atoms with van der Waals surface area (Å²) >= 11 is 0. The molecule has 0 aromatic rings. The molecule has 68 valence electrons. The lowest BCUT2D eigenvalue weighted by atomic mass is 10.2. The Hall–Kier alpha value is -0.170. The predicted molar refractivity (Wildman–Crippen MR) is 40.7 cm³/mol. The summed E-state index contributed by atoms with van der Waals surface area (Å²) in [4.78, 5) is 0. The highest BCUT2D eigenvalue weighted by atomic mass is 32.2. The Morgan fingerprint density at radius 2 is 2.09 bits per heavy atom. The van der Waals surface area contributed by atoms with Gasteiger partial charge in [0.05, 0.1) is 6.61 Å². The number of hydrogen-bond donors (Lipinski definition) is 3. The van der Waals surface area contributed by atoms with E-state index in [-0.39, 0.29) is 12.6 Å². The smallest absolute Gasteiger partial charge is 0.278 e. The van der Waals surface area contributed by atoms with Gasteiger partial charge in [0.25, 0.3) is 10.1 Å². The molecule has 0 fully saturated rings. The van der Waals surface area contributed by atoms with E-state index in [0.717, 1.165) is 0 Å². The van der Waals surface area contributed by atoms with E-state index in [1.54, 1.807) is 6.92 Å². The minimum Gasteiger partial charge on any atom is -0.395 e. The molecule has 0 aliphatic carbocycles. The molecule has 0 aromatic carbocycles. The molecule has 6 heteroatoms. The Morgan fingerprint density at radius 3 is 2.36 bits per heavy atom. The SMILES string of the molecule is CCC(CO)NCS(=O)(=O)O. The zero-order chi connectivity index (χ0) is 8.91. The molecular formula is C5H13NO4S. The number of nitrogens with one attached hydrogen (secondary N) is 1. The third kappa shape index (κ3) is 6.24. The summed E-state index contributed by atoms with van der Waals surface area (Å²) < 4.78 is 28.6. The average Bonchev–Trinajstić information content (AvgIpc) is 1.88. The van der Waals surface area contributed by atoms with Crippen LogP contribution in [0.4, 0.5) is 0 Å². The minimum atomic E-state index is -3.96. The lowest BCUT2D eigenvalue weighted by Gasteiger charge is -2.11. The number of aliphatic hydroxyl groups is 1. The first-order valence-electron chi connectivity index (χ1n) is 3.29. The largest absolute Gasteiger partial charge is 0.395 e. The lowest BCUT2D eigenvalue weighted by Crippen LogP contribution is -2.35. The maximum Gasteiger partial charge on any atom is 0.278 e. The van der Waals surface area contributed by atoms with Crippen molar-refractivity contribution in [3.8, 4) is 0 Å². The van der Waals surface area contributed by atoms with E-state index < -0.39 is 16.0 Å². The summed E-state index contributed by atoms with van der Waals surface area (Å²) in [5.41, 5.74) is 0. The van der Waals surface area contributed by atoms with Gasteiger partial charge in [-0.3, -0.25) is 9.87 Å². The van der Waals surface area contributed by atoms with E-state index in [9.17, 15) is 8.42 Å². The summed E-state index contributed by atoms with van der Waals surface area (Å²) in [6.45, 7) is 1.67. The summed E-state index contributed by atoms with van der Waals surface area (Å²) in [6, 6.07) is -0.267. The van der Waals surface area contributed by atoms with Crippen molar-refractivity contribution >= 4 is 10.1 Å². The van der Waals surface area contributed by atoms with Crippen molar-refractivity contribution in [2.45, 2.75) is 19.4 Å². The molecule has 0 rings (SSSR count). The van der Waals surface area contributed by atoms with Gasteiger partial charge in [0.15, 0.2) is 0 Å². The molecule has 0 radical (unpaired) electrons. The highest BCUT2D eigenvalue weighted by Crippen LogP contribution is 1.89. The molecule has 3 N–H and O–H groups in total. The van der Waals surface area contributed by atoms with Crippen molar-refractivity contribution in [2.75, 3.05) is 12.5 Å². The molecule has 0 aliphatic rings. The standard InChI is InChI=1S/C5H13NO4S/c1-2-5(3-7)6-4-11(8,9)10/h5-7H,2-4H2,1H3,(H,8,9,10). The minimum absolute atomic E-state index is 0.133. The molecule has 0 aliphatic heterocycles. The topological polar surface area (TPSA) is 86.6 Å². The van der Waals surface area contributed by atoms with E-state index in [4.69, 9.17) is 9.66 Å². The first-order chi connectivity index (χ1) is 4.99. The van der Waals surface area contributed by atoms with Crippen molar-refractivity contribution in [3.05, 3.63) is 0 Å². The van der Waals surface area contributed by atoms with Crippen LogP contribution in [0.3, 0.4) is 0 Å². The molecule has 0 amide bonds. The molecule has 1 atom stereocenters. The monoisotopic (exact) mass is 183 g/mol. The Labute approximate surface area is 66.2 Å². The van der Waals surface area contributed by atoms with E-state index in [0.29, 0.717) is 6.42 Å². The van der Waals surface area contributed by atoms with Crippen LogP contribution in [0.5, 0.6) is 0 Å². The van der Waals surface area contributed by atoms with Crippen molar-refractivity contribution in [2.24, 2.45) is 0 Å². The second kappa shape index (κ2) is 4.66. The van der Waals surface area contributed by atoms with Gasteiger partial charge >= 0.3 is 0 Å². The van der Waals surface area contributed by atoms with Gasteiger partial charge in [-0.15, -0.1) is 0 Å². The lowest BCUT2D eigenvalue weighted by molar-refractivity contribution is 0.243. The van der Waals surface area contributed by atoms with Crippen LogP contribution >= 0.6 is 0 Å². The molecule has 0 spiro atoms. The summed E-state index contributed by atoms with van der Waals surface area (Å²) in [5.74, 6) is -0.508. The van der Waals surface area contributed by atoms with E-state index in [2.05, 4.69) is 5.32 Å². The summed E-state index contributed by atoms with van der Waals surface area (Å²) in [5, 5.41) is 11.1. The van der Waals surface area contributed by atoms with Crippen molar-refractivity contribution in [3.63, 3.8) is 0 Å². The molecule has 11 heavy (non-hydrogen) atoms. The fourth-order valence-electron chi connectivity index (χ4n) is 0.561. The highest BCUT2D eigenvalue weighted by molar-refractivity contribution is 7.85. The molecule has 5 nitrogen and oxygen atoms in total. The fraction of sp³-hybridized carbons (Fsp3) is 1.00. The first-order valence-corrected chi connectivity index (χ1v) is 4.90. The van der Waals surface area contributed by atoms with Crippen LogP contribution in [0, 0.1) is 0 Å². The third-order valence-corrected chi connectivity index (χ3v) is 1.80. The van der Waals surface area contributed by atoms with Crippen LogP contribution in [-0.2, 0) is 10.1 Å².